The quantitative estimate of drug-likeness (QED) is 0.903. The number of rotatable bonds is 4. The van der Waals surface area contributed by atoms with Gasteiger partial charge in [0.15, 0.2) is 0 Å². The summed E-state index contributed by atoms with van der Waals surface area (Å²) in [7, 11) is 0. The van der Waals surface area contributed by atoms with Crippen molar-refractivity contribution in [3.63, 3.8) is 0 Å². The number of H-pyrrole nitrogens is 1. The number of aliphatic hydroxyl groups is 1. The predicted octanol–water partition coefficient (Wildman–Crippen LogP) is 1.87. The summed E-state index contributed by atoms with van der Waals surface area (Å²) in [6.45, 7) is 0.271. The molecule has 2 atom stereocenters. The van der Waals surface area contributed by atoms with Crippen LogP contribution in [0.2, 0.25) is 5.02 Å². The minimum atomic E-state index is -0.935. The molecule has 1 saturated heterocycles. The monoisotopic (exact) mass is 294 g/mol. The molecule has 1 aliphatic rings. The number of aromatic amines is 1. The van der Waals surface area contributed by atoms with Gasteiger partial charge in [-0.1, -0.05) is 23.7 Å². The summed E-state index contributed by atoms with van der Waals surface area (Å²) in [5, 5.41) is 9.92. The van der Waals surface area contributed by atoms with Crippen LogP contribution >= 0.6 is 11.6 Å². The van der Waals surface area contributed by atoms with Crippen molar-refractivity contribution in [1.29, 1.82) is 0 Å². The predicted molar refractivity (Wildman–Crippen MR) is 73.3 cm³/mol. The van der Waals surface area contributed by atoms with E-state index in [4.69, 9.17) is 21.1 Å². The Morgan fingerprint density at radius 1 is 1.40 bits per heavy atom. The average Bonchev–Trinajstić information content (AvgIpc) is 3.10. The normalized spacial score (nSPS) is 26.0. The highest BCUT2D eigenvalue weighted by atomic mass is 35.5. The van der Waals surface area contributed by atoms with Crippen molar-refractivity contribution < 1.29 is 14.6 Å². The second-order valence-corrected chi connectivity index (χ2v) is 5.14. The number of nitrogens with one attached hydrogen (secondary N) is 1. The van der Waals surface area contributed by atoms with Gasteiger partial charge in [0.1, 0.15) is 11.9 Å². The number of nitrogens with zero attached hydrogens (tertiary/aromatic N) is 1. The maximum atomic E-state index is 9.27. The average molecular weight is 295 g/mol. The first-order valence-electron chi connectivity index (χ1n) is 6.39. The zero-order chi connectivity index (χ0) is 14.0. The topological polar surface area (TPSA) is 67.4 Å². The minimum absolute atomic E-state index is 0.0759. The molecule has 5 nitrogen and oxygen atoms in total. The van der Waals surface area contributed by atoms with Crippen molar-refractivity contribution in [2.24, 2.45) is 0 Å². The number of hydrogen-bond donors (Lipinski definition) is 2. The second kappa shape index (κ2) is 5.54. The van der Waals surface area contributed by atoms with Crippen LogP contribution in [0.3, 0.4) is 0 Å². The van der Waals surface area contributed by atoms with E-state index >= 15 is 0 Å². The Labute approximate surface area is 121 Å². The number of halogens is 1. The van der Waals surface area contributed by atoms with Crippen molar-refractivity contribution in [1.82, 2.24) is 9.97 Å². The van der Waals surface area contributed by atoms with Gasteiger partial charge >= 0.3 is 0 Å². The molecule has 1 fully saturated rings. The Balaban J connectivity index is 1.93. The van der Waals surface area contributed by atoms with E-state index in [-0.39, 0.29) is 12.7 Å². The highest BCUT2D eigenvalue weighted by Crippen LogP contribution is 2.37. The summed E-state index contributed by atoms with van der Waals surface area (Å²) in [5.74, 6) is -0.172. The zero-order valence-electron chi connectivity index (χ0n) is 10.8. The molecule has 0 saturated carbocycles. The van der Waals surface area contributed by atoms with Crippen LogP contribution in [0.5, 0.6) is 0 Å². The van der Waals surface area contributed by atoms with Gasteiger partial charge in [0.05, 0.1) is 19.6 Å². The molecule has 1 aromatic heterocycles. The van der Waals surface area contributed by atoms with E-state index in [1.54, 1.807) is 24.5 Å². The van der Waals surface area contributed by atoms with Crippen molar-refractivity contribution >= 4 is 11.6 Å². The van der Waals surface area contributed by atoms with Gasteiger partial charge in [-0.15, -0.1) is 0 Å². The molecule has 0 aliphatic carbocycles. The van der Waals surface area contributed by atoms with Gasteiger partial charge in [-0.25, -0.2) is 4.98 Å². The molecule has 2 N–H and O–H groups in total. The first kappa shape index (κ1) is 13.6. The van der Waals surface area contributed by atoms with Crippen LogP contribution in [-0.4, -0.2) is 34.4 Å². The van der Waals surface area contributed by atoms with Crippen LogP contribution in [0, 0.1) is 0 Å². The fourth-order valence-corrected chi connectivity index (χ4v) is 2.45. The smallest absolute Gasteiger partial charge is 0.202 e. The molecule has 2 heterocycles. The van der Waals surface area contributed by atoms with E-state index in [9.17, 15) is 5.11 Å². The van der Waals surface area contributed by atoms with Gasteiger partial charge in [0, 0.05) is 23.0 Å². The lowest BCUT2D eigenvalue weighted by atomic mass is 10.0. The molecule has 1 aromatic carbocycles. The van der Waals surface area contributed by atoms with Crippen molar-refractivity contribution in [3.8, 4) is 0 Å². The van der Waals surface area contributed by atoms with E-state index in [1.807, 2.05) is 12.1 Å². The summed E-state index contributed by atoms with van der Waals surface area (Å²) in [6, 6.07) is 7.32. The van der Waals surface area contributed by atoms with Crippen LogP contribution in [-0.2, 0) is 21.7 Å². The fraction of sp³-hybridized carbons (Fsp3) is 0.357. The number of aliphatic hydroxyl groups excluding tert-OH is 1. The molecule has 0 radical (unpaired) electrons. The minimum Gasteiger partial charge on any atom is -0.394 e. The highest BCUT2D eigenvalue weighted by Gasteiger charge is 2.43. The van der Waals surface area contributed by atoms with Crippen LogP contribution in [0.1, 0.15) is 11.4 Å². The molecule has 6 heteroatoms. The highest BCUT2D eigenvalue weighted by molar-refractivity contribution is 6.30. The molecule has 3 rings (SSSR count). The van der Waals surface area contributed by atoms with E-state index in [0.29, 0.717) is 18.1 Å². The van der Waals surface area contributed by atoms with E-state index in [1.165, 1.54) is 0 Å². The van der Waals surface area contributed by atoms with Crippen LogP contribution in [0.15, 0.2) is 36.7 Å². The summed E-state index contributed by atoms with van der Waals surface area (Å²) < 4.78 is 11.8. The third-order valence-corrected chi connectivity index (χ3v) is 3.55. The third kappa shape index (κ3) is 2.58. The number of ether oxygens (including phenoxy) is 2. The van der Waals surface area contributed by atoms with Crippen molar-refractivity contribution in [2.45, 2.75) is 18.3 Å². The Morgan fingerprint density at radius 3 is 2.80 bits per heavy atom. The standard InChI is InChI=1S/C14H15ClN2O3/c15-11-3-1-10(2-4-11)14(7-13-16-5-6-17-13)19-9-12(8-18)20-14/h1-6,12,18H,7-9H2,(H,16,17)/t12-,14-/m0/s1. The van der Waals surface area contributed by atoms with Crippen LogP contribution in [0.25, 0.3) is 0 Å². The Bertz CT molecular complexity index is 558. The lowest BCUT2D eigenvalue weighted by Crippen LogP contribution is -2.32. The maximum Gasteiger partial charge on any atom is 0.202 e. The van der Waals surface area contributed by atoms with Gasteiger partial charge in [-0.3, -0.25) is 0 Å². The molecule has 20 heavy (non-hydrogen) atoms. The van der Waals surface area contributed by atoms with E-state index in [2.05, 4.69) is 9.97 Å². The molecule has 0 spiro atoms. The van der Waals surface area contributed by atoms with Crippen LogP contribution in [0.4, 0.5) is 0 Å². The number of imidazole rings is 1. The van der Waals surface area contributed by atoms with Crippen molar-refractivity contribution in [2.75, 3.05) is 13.2 Å². The molecular formula is C14H15ClN2O3. The Kier molecular flexibility index (Phi) is 3.76. The molecule has 0 unspecified atom stereocenters. The molecule has 0 amide bonds. The molecular weight excluding hydrogens is 280 g/mol. The fourth-order valence-electron chi connectivity index (χ4n) is 2.32. The van der Waals surface area contributed by atoms with E-state index in [0.717, 1.165) is 11.4 Å². The summed E-state index contributed by atoms with van der Waals surface area (Å²) in [5.41, 5.74) is 0.856. The largest absolute Gasteiger partial charge is 0.394 e. The number of benzene rings is 1. The van der Waals surface area contributed by atoms with Gasteiger partial charge in [-0.2, -0.15) is 0 Å². The number of aromatic nitrogens is 2. The molecule has 1 aliphatic heterocycles. The molecule has 0 bridgehead atoms. The van der Waals surface area contributed by atoms with Crippen LogP contribution < -0.4 is 0 Å². The van der Waals surface area contributed by atoms with Gasteiger partial charge < -0.3 is 19.6 Å². The first-order valence-corrected chi connectivity index (χ1v) is 6.76. The number of hydrogen-bond acceptors (Lipinski definition) is 4. The molecule has 106 valence electrons. The third-order valence-electron chi connectivity index (χ3n) is 3.30. The lowest BCUT2D eigenvalue weighted by molar-refractivity contribution is -0.180. The zero-order valence-corrected chi connectivity index (χ0v) is 11.5. The summed E-state index contributed by atoms with van der Waals surface area (Å²) in [6.07, 6.45) is 3.55. The first-order chi connectivity index (χ1) is 9.72. The summed E-state index contributed by atoms with van der Waals surface area (Å²) in [4.78, 5) is 7.26. The Hall–Kier alpha value is -1.40. The lowest BCUT2D eigenvalue weighted by Gasteiger charge is -2.27. The van der Waals surface area contributed by atoms with E-state index < -0.39 is 5.79 Å². The Morgan fingerprint density at radius 2 is 2.20 bits per heavy atom. The van der Waals surface area contributed by atoms with Gasteiger partial charge in [0.25, 0.3) is 0 Å². The summed E-state index contributed by atoms with van der Waals surface area (Å²) >= 11 is 5.92. The van der Waals surface area contributed by atoms with Gasteiger partial charge in [0.2, 0.25) is 5.79 Å². The van der Waals surface area contributed by atoms with Gasteiger partial charge in [-0.05, 0) is 12.1 Å². The maximum absolute atomic E-state index is 9.27. The van der Waals surface area contributed by atoms with Crippen molar-refractivity contribution in [3.05, 3.63) is 53.1 Å². The second-order valence-electron chi connectivity index (χ2n) is 4.71. The SMILES string of the molecule is OC[C@H]1CO[C@](Cc2ncc[nH]2)(c2ccc(Cl)cc2)O1. The molecule has 2 aromatic rings.